The molecule has 0 aliphatic carbocycles. The van der Waals surface area contributed by atoms with Crippen LogP contribution in [0.2, 0.25) is 0 Å². The van der Waals surface area contributed by atoms with Crippen LogP contribution in [0.1, 0.15) is 44.4 Å². The number of hydrogen-bond donors (Lipinski definition) is 6. The predicted octanol–water partition coefficient (Wildman–Crippen LogP) is 2.40. The highest BCUT2D eigenvalue weighted by molar-refractivity contribution is 5.82. The van der Waals surface area contributed by atoms with Gasteiger partial charge in [-0.2, -0.15) is 0 Å². The monoisotopic (exact) mass is 529 g/mol. The molecule has 1 unspecified atom stereocenters. The standard InChI is InChI=1S/C28H39N3O7/c1-5-19-13-9-10-14-20(19)16-22(31-27(37)38-28(2,3)4)24(33)25(34)29-17-23(32)21(30-26(35)36)15-18-11-7-6-8-12-18/h6-14,21-24,30,32-33H,5,15-17H2,1-4H3,(H,29,34)(H,31,37)(H,35,36)/t21-,22-,23+,24?/m0/s1. The van der Waals surface area contributed by atoms with E-state index in [1.807, 2.05) is 37.3 Å². The van der Waals surface area contributed by atoms with E-state index in [4.69, 9.17) is 4.74 Å². The van der Waals surface area contributed by atoms with Gasteiger partial charge in [-0.25, -0.2) is 9.59 Å². The summed E-state index contributed by atoms with van der Waals surface area (Å²) in [5, 5.41) is 38.1. The molecular weight excluding hydrogens is 490 g/mol. The van der Waals surface area contributed by atoms with Gasteiger partial charge in [0.1, 0.15) is 5.60 Å². The Labute approximate surface area is 223 Å². The molecule has 2 rings (SSSR count). The summed E-state index contributed by atoms with van der Waals surface area (Å²) in [6.45, 7) is 6.77. The number of hydrogen-bond acceptors (Lipinski definition) is 6. The molecule has 0 fully saturated rings. The molecule has 10 heteroatoms. The normalized spacial score (nSPS) is 14.5. The van der Waals surface area contributed by atoms with Crippen molar-refractivity contribution in [2.24, 2.45) is 0 Å². The van der Waals surface area contributed by atoms with Crippen molar-refractivity contribution >= 4 is 18.1 Å². The molecule has 3 amide bonds. The molecule has 4 atom stereocenters. The first-order chi connectivity index (χ1) is 17.9. The second-order valence-corrected chi connectivity index (χ2v) is 10.1. The molecule has 0 bridgehead atoms. The van der Waals surface area contributed by atoms with E-state index in [9.17, 15) is 29.7 Å². The highest BCUT2D eigenvalue weighted by atomic mass is 16.6. The highest BCUT2D eigenvalue weighted by Gasteiger charge is 2.31. The zero-order valence-corrected chi connectivity index (χ0v) is 22.3. The van der Waals surface area contributed by atoms with Crippen LogP contribution < -0.4 is 16.0 Å². The van der Waals surface area contributed by atoms with Crippen molar-refractivity contribution < 1.29 is 34.4 Å². The first-order valence-corrected chi connectivity index (χ1v) is 12.6. The Morgan fingerprint density at radius 2 is 1.47 bits per heavy atom. The SMILES string of the molecule is CCc1ccccc1C[C@H](NC(=O)OC(C)(C)C)C(O)C(=O)NC[C@@H](O)[C@H](Cc1ccccc1)NC(=O)O. The molecule has 0 saturated heterocycles. The third-order valence-corrected chi connectivity index (χ3v) is 5.85. The largest absolute Gasteiger partial charge is 0.465 e. The van der Waals surface area contributed by atoms with Gasteiger partial charge in [-0.3, -0.25) is 4.79 Å². The third kappa shape index (κ3) is 10.4. The topological polar surface area (TPSA) is 157 Å². The quantitative estimate of drug-likeness (QED) is 0.246. The maximum absolute atomic E-state index is 12.9. The van der Waals surface area contributed by atoms with Crippen molar-refractivity contribution in [3.05, 3.63) is 71.3 Å². The van der Waals surface area contributed by atoms with Gasteiger partial charge in [0.15, 0.2) is 6.10 Å². The van der Waals surface area contributed by atoms with Gasteiger partial charge in [-0.05, 0) is 56.7 Å². The molecule has 0 aliphatic heterocycles. The van der Waals surface area contributed by atoms with Gasteiger partial charge in [0.2, 0.25) is 0 Å². The third-order valence-electron chi connectivity index (χ3n) is 5.85. The Kier molecular flexibility index (Phi) is 11.5. The van der Waals surface area contributed by atoms with Gasteiger partial charge < -0.3 is 36.0 Å². The summed E-state index contributed by atoms with van der Waals surface area (Å²) in [4.78, 5) is 36.7. The molecule has 0 heterocycles. The van der Waals surface area contributed by atoms with Crippen LogP contribution in [0.15, 0.2) is 54.6 Å². The van der Waals surface area contributed by atoms with Gasteiger partial charge in [0.05, 0.1) is 18.2 Å². The fraction of sp³-hybridized carbons (Fsp3) is 0.464. The number of aliphatic hydroxyl groups excluding tert-OH is 2. The molecule has 0 aromatic heterocycles. The Bertz CT molecular complexity index is 1060. The molecule has 2 aromatic carbocycles. The van der Waals surface area contributed by atoms with Crippen molar-refractivity contribution in [3.63, 3.8) is 0 Å². The number of carbonyl (C=O) groups excluding carboxylic acids is 2. The van der Waals surface area contributed by atoms with E-state index >= 15 is 0 Å². The van der Waals surface area contributed by atoms with Crippen molar-refractivity contribution in [2.45, 2.75) is 76.9 Å². The van der Waals surface area contributed by atoms with E-state index in [2.05, 4.69) is 16.0 Å². The zero-order chi connectivity index (χ0) is 28.3. The lowest BCUT2D eigenvalue weighted by Crippen LogP contribution is -2.55. The molecule has 38 heavy (non-hydrogen) atoms. The Hall–Kier alpha value is -3.63. The van der Waals surface area contributed by atoms with Crippen molar-refractivity contribution in [2.75, 3.05) is 6.54 Å². The summed E-state index contributed by atoms with van der Waals surface area (Å²) < 4.78 is 5.32. The van der Waals surface area contributed by atoms with Crippen LogP contribution in [0.3, 0.4) is 0 Å². The summed E-state index contributed by atoms with van der Waals surface area (Å²) in [6, 6.07) is 14.6. The fourth-order valence-corrected chi connectivity index (χ4v) is 3.98. The van der Waals surface area contributed by atoms with Crippen molar-refractivity contribution in [1.82, 2.24) is 16.0 Å². The van der Waals surface area contributed by atoms with Crippen LogP contribution in [0.5, 0.6) is 0 Å². The maximum Gasteiger partial charge on any atom is 0.407 e. The molecule has 0 aliphatic rings. The van der Waals surface area contributed by atoms with Gasteiger partial charge in [-0.1, -0.05) is 61.5 Å². The molecule has 10 nitrogen and oxygen atoms in total. The number of carboxylic acid groups (broad SMARTS) is 1. The smallest absolute Gasteiger partial charge is 0.407 e. The Balaban J connectivity index is 2.12. The second-order valence-electron chi connectivity index (χ2n) is 10.1. The van der Waals surface area contributed by atoms with Crippen LogP contribution in [0, 0.1) is 0 Å². The molecule has 0 spiro atoms. The van der Waals surface area contributed by atoms with Crippen LogP contribution in [0.25, 0.3) is 0 Å². The molecule has 208 valence electrons. The molecule has 0 radical (unpaired) electrons. The van der Waals surface area contributed by atoms with Crippen LogP contribution >= 0.6 is 0 Å². The number of ether oxygens (including phenoxy) is 1. The highest BCUT2D eigenvalue weighted by Crippen LogP contribution is 2.15. The van der Waals surface area contributed by atoms with Gasteiger partial charge in [0.25, 0.3) is 5.91 Å². The lowest BCUT2D eigenvalue weighted by molar-refractivity contribution is -0.131. The van der Waals surface area contributed by atoms with Crippen molar-refractivity contribution in [1.29, 1.82) is 0 Å². The second kappa shape index (κ2) is 14.3. The first kappa shape index (κ1) is 30.6. The van der Waals surface area contributed by atoms with Crippen LogP contribution in [-0.4, -0.2) is 69.9 Å². The van der Waals surface area contributed by atoms with Gasteiger partial charge in [0, 0.05) is 6.54 Å². The van der Waals surface area contributed by atoms with E-state index in [0.29, 0.717) is 0 Å². The van der Waals surface area contributed by atoms with Gasteiger partial charge in [-0.15, -0.1) is 0 Å². The molecule has 2 aromatic rings. The number of alkyl carbamates (subject to hydrolysis) is 1. The number of benzene rings is 2. The number of rotatable bonds is 12. The summed E-state index contributed by atoms with van der Waals surface area (Å²) in [6.07, 6.45) is -3.95. The number of amides is 3. The zero-order valence-electron chi connectivity index (χ0n) is 22.3. The number of aliphatic hydroxyl groups is 2. The summed E-state index contributed by atoms with van der Waals surface area (Å²) in [5.74, 6) is -0.826. The van der Waals surface area contributed by atoms with Crippen molar-refractivity contribution in [3.8, 4) is 0 Å². The first-order valence-electron chi connectivity index (χ1n) is 12.6. The lowest BCUT2D eigenvalue weighted by Gasteiger charge is -2.28. The van der Waals surface area contributed by atoms with Crippen LogP contribution in [0.4, 0.5) is 9.59 Å². The molecule has 6 N–H and O–H groups in total. The molecular formula is C28H39N3O7. The Morgan fingerprint density at radius 1 is 0.868 bits per heavy atom. The average Bonchev–Trinajstić information content (AvgIpc) is 2.85. The number of aryl methyl sites for hydroxylation is 1. The van der Waals surface area contributed by atoms with Gasteiger partial charge >= 0.3 is 12.2 Å². The molecule has 0 saturated carbocycles. The maximum atomic E-state index is 12.9. The fourth-order valence-electron chi connectivity index (χ4n) is 3.98. The van der Waals surface area contributed by atoms with E-state index < -0.39 is 48.0 Å². The minimum Gasteiger partial charge on any atom is -0.465 e. The lowest BCUT2D eigenvalue weighted by atomic mass is 9.95. The Morgan fingerprint density at radius 3 is 2.05 bits per heavy atom. The van der Waals surface area contributed by atoms with Crippen LogP contribution in [-0.2, 0) is 28.8 Å². The van der Waals surface area contributed by atoms with E-state index in [1.54, 1.807) is 45.0 Å². The predicted molar refractivity (Wildman–Crippen MR) is 143 cm³/mol. The van der Waals surface area contributed by atoms with E-state index in [0.717, 1.165) is 23.1 Å². The van der Waals surface area contributed by atoms with E-state index in [-0.39, 0.29) is 19.4 Å². The summed E-state index contributed by atoms with van der Waals surface area (Å²) >= 11 is 0. The number of carbonyl (C=O) groups is 3. The minimum absolute atomic E-state index is 0.164. The number of nitrogens with one attached hydrogen (secondary N) is 3. The minimum atomic E-state index is -1.67. The summed E-state index contributed by atoms with van der Waals surface area (Å²) in [5.41, 5.74) is 1.89. The van der Waals surface area contributed by atoms with E-state index in [1.165, 1.54) is 0 Å². The summed E-state index contributed by atoms with van der Waals surface area (Å²) in [7, 11) is 0. The average molecular weight is 530 g/mol.